The normalized spacial score (nSPS) is 10.1. The number of ketones is 1. The number of carbonyl (C=O) groups is 1. The molecule has 0 aliphatic heterocycles. The van der Waals surface area contributed by atoms with Crippen LogP contribution in [0.2, 0.25) is 0 Å². The molecule has 16 heavy (non-hydrogen) atoms. The van der Waals surface area contributed by atoms with Crippen LogP contribution < -0.4 is 4.74 Å². The molecule has 1 aromatic carbocycles. The first kappa shape index (κ1) is 11.6. The zero-order valence-corrected chi connectivity index (χ0v) is 11.5. The topological polar surface area (TPSA) is 26.3 Å². The van der Waals surface area contributed by atoms with E-state index in [1.54, 1.807) is 7.11 Å². The van der Waals surface area contributed by atoms with Crippen LogP contribution in [0.25, 0.3) is 0 Å². The average molecular weight is 344 g/mol. The van der Waals surface area contributed by atoms with E-state index in [2.05, 4.69) is 22.6 Å². The second-order valence-electron chi connectivity index (χ2n) is 3.13. The molecule has 0 unspecified atom stereocenters. The van der Waals surface area contributed by atoms with Gasteiger partial charge >= 0.3 is 0 Å². The van der Waals surface area contributed by atoms with E-state index in [9.17, 15) is 4.79 Å². The molecule has 0 N–H and O–H groups in total. The number of ether oxygens (including phenoxy) is 1. The highest BCUT2D eigenvalue weighted by atomic mass is 127. The fourth-order valence-corrected chi connectivity index (χ4v) is 2.84. The van der Waals surface area contributed by atoms with Crippen molar-refractivity contribution in [1.29, 1.82) is 0 Å². The molecule has 0 saturated heterocycles. The molecule has 0 saturated carbocycles. The minimum Gasteiger partial charge on any atom is -0.495 e. The molecule has 0 spiro atoms. The van der Waals surface area contributed by atoms with Crippen molar-refractivity contribution >= 4 is 39.7 Å². The number of hydrogen-bond acceptors (Lipinski definition) is 3. The van der Waals surface area contributed by atoms with Gasteiger partial charge in [0.1, 0.15) is 10.6 Å². The first-order chi connectivity index (χ1) is 7.74. The van der Waals surface area contributed by atoms with Gasteiger partial charge in [-0.05, 0) is 46.2 Å². The Morgan fingerprint density at radius 1 is 1.31 bits per heavy atom. The molecular formula is C12H9IO2S. The zero-order valence-electron chi connectivity index (χ0n) is 8.57. The fourth-order valence-electron chi connectivity index (χ4n) is 1.39. The fraction of sp³-hybridized carbons (Fsp3) is 0.0833. The Balaban J connectivity index is 2.44. The van der Waals surface area contributed by atoms with Crippen molar-refractivity contribution in [2.75, 3.05) is 7.11 Å². The molecule has 0 atom stereocenters. The zero-order chi connectivity index (χ0) is 11.5. The summed E-state index contributed by atoms with van der Waals surface area (Å²) in [6.07, 6.45) is 0. The number of benzene rings is 1. The van der Waals surface area contributed by atoms with E-state index in [-0.39, 0.29) is 5.78 Å². The Morgan fingerprint density at radius 3 is 2.75 bits per heavy atom. The monoisotopic (exact) mass is 344 g/mol. The van der Waals surface area contributed by atoms with Crippen molar-refractivity contribution < 1.29 is 9.53 Å². The van der Waals surface area contributed by atoms with Crippen LogP contribution in [-0.4, -0.2) is 12.9 Å². The number of carbonyl (C=O) groups excluding carboxylic acids is 1. The average Bonchev–Trinajstić information content (AvgIpc) is 2.77. The Bertz CT molecular complexity index is 519. The molecule has 0 aliphatic rings. The van der Waals surface area contributed by atoms with Gasteiger partial charge in [0.05, 0.1) is 7.11 Å². The van der Waals surface area contributed by atoms with Crippen molar-refractivity contribution in [2.24, 2.45) is 0 Å². The maximum atomic E-state index is 12.2. The Hall–Kier alpha value is -0.880. The summed E-state index contributed by atoms with van der Waals surface area (Å²) in [6, 6.07) is 9.37. The maximum Gasteiger partial charge on any atom is 0.207 e. The van der Waals surface area contributed by atoms with E-state index in [1.807, 2.05) is 35.7 Å². The van der Waals surface area contributed by atoms with Crippen molar-refractivity contribution in [2.45, 2.75) is 0 Å². The third-order valence-corrected chi connectivity index (χ3v) is 4.01. The lowest BCUT2D eigenvalue weighted by Crippen LogP contribution is -2.02. The summed E-state index contributed by atoms with van der Waals surface area (Å²) >= 11 is 3.58. The summed E-state index contributed by atoms with van der Waals surface area (Å²) in [6.45, 7) is 0. The van der Waals surface area contributed by atoms with Crippen molar-refractivity contribution in [3.8, 4) is 5.75 Å². The molecule has 2 rings (SSSR count). The molecule has 1 aromatic heterocycles. The number of thiophene rings is 1. The summed E-state index contributed by atoms with van der Waals surface area (Å²) in [5.74, 6) is 0.673. The highest BCUT2D eigenvalue weighted by Gasteiger charge is 2.17. The van der Waals surface area contributed by atoms with E-state index in [4.69, 9.17) is 4.74 Å². The smallest absolute Gasteiger partial charge is 0.207 e. The second-order valence-corrected chi connectivity index (χ2v) is 5.21. The summed E-state index contributed by atoms with van der Waals surface area (Å²) in [5, 5.41) is 1.86. The third-order valence-electron chi connectivity index (χ3n) is 2.17. The van der Waals surface area contributed by atoms with E-state index >= 15 is 0 Å². The lowest BCUT2D eigenvalue weighted by atomic mass is 10.1. The van der Waals surface area contributed by atoms with Crippen molar-refractivity contribution in [3.63, 3.8) is 0 Å². The van der Waals surface area contributed by atoms with Gasteiger partial charge < -0.3 is 4.74 Å². The van der Waals surface area contributed by atoms with E-state index in [0.29, 0.717) is 10.6 Å². The molecule has 2 aromatic rings. The highest BCUT2D eigenvalue weighted by molar-refractivity contribution is 14.1. The summed E-state index contributed by atoms with van der Waals surface area (Å²) < 4.78 is 6.11. The number of methoxy groups -OCH3 is 1. The first-order valence-corrected chi connectivity index (χ1v) is 6.60. The minimum absolute atomic E-state index is 0.0249. The number of hydrogen-bond donors (Lipinski definition) is 0. The lowest BCUT2D eigenvalue weighted by Gasteiger charge is -2.03. The first-order valence-electron chi connectivity index (χ1n) is 4.64. The molecule has 0 aliphatic carbocycles. The maximum absolute atomic E-state index is 12.2. The van der Waals surface area contributed by atoms with Gasteiger partial charge in [0.25, 0.3) is 0 Å². The molecule has 0 radical (unpaired) electrons. The Morgan fingerprint density at radius 2 is 2.06 bits per heavy atom. The summed E-state index contributed by atoms with van der Waals surface area (Å²) in [4.78, 5) is 12.9. The van der Waals surface area contributed by atoms with Gasteiger partial charge in [-0.1, -0.05) is 12.1 Å². The predicted octanol–water partition coefficient (Wildman–Crippen LogP) is 3.59. The van der Waals surface area contributed by atoms with Crippen LogP contribution in [0.4, 0.5) is 0 Å². The second kappa shape index (κ2) is 4.97. The molecule has 0 fully saturated rings. The largest absolute Gasteiger partial charge is 0.495 e. The van der Waals surface area contributed by atoms with Crippen molar-refractivity contribution in [1.82, 2.24) is 0 Å². The minimum atomic E-state index is 0.0249. The Labute approximate surface area is 111 Å². The molecule has 2 nitrogen and oxygen atoms in total. The van der Waals surface area contributed by atoms with Crippen LogP contribution in [0.15, 0.2) is 35.7 Å². The van der Waals surface area contributed by atoms with Crippen LogP contribution >= 0.6 is 33.9 Å². The molecule has 82 valence electrons. The van der Waals surface area contributed by atoms with Crippen molar-refractivity contribution in [3.05, 3.63) is 49.7 Å². The van der Waals surface area contributed by atoms with E-state index < -0.39 is 0 Å². The summed E-state index contributed by atoms with van der Waals surface area (Å²) in [7, 11) is 1.58. The SMILES string of the molecule is COc1ccsc1C(=O)c1ccccc1I. The predicted molar refractivity (Wildman–Crippen MR) is 73.5 cm³/mol. The molecule has 0 bridgehead atoms. The third kappa shape index (κ3) is 2.12. The van der Waals surface area contributed by atoms with Gasteiger partial charge in [-0.2, -0.15) is 0 Å². The molecule has 1 heterocycles. The summed E-state index contributed by atoms with van der Waals surface area (Å²) in [5.41, 5.74) is 0.726. The molecular weight excluding hydrogens is 335 g/mol. The lowest BCUT2D eigenvalue weighted by molar-refractivity contribution is 0.103. The quantitative estimate of drug-likeness (QED) is 0.628. The van der Waals surface area contributed by atoms with Gasteiger partial charge in [-0.15, -0.1) is 11.3 Å². The van der Waals surface area contributed by atoms with Gasteiger partial charge in [-0.3, -0.25) is 4.79 Å². The van der Waals surface area contributed by atoms with Crippen LogP contribution in [0, 0.1) is 3.57 Å². The van der Waals surface area contributed by atoms with Gasteiger partial charge in [0.15, 0.2) is 0 Å². The van der Waals surface area contributed by atoms with E-state index in [0.717, 1.165) is 9.13 Å². The van der Waals surface area contributed by atoms with Crippen LogP contribution in [0.5, 0.6) is 5.75 Å². The van der Waals surface area contributed by atoms with E-state index in [1.165, 1.54) is 11.3 Å². The van der Waals surface area contributed by atoms with Gasteiger partial charge in [0, 0.05) is 9.13 Å². The molecule has 4 heteroatoms. The van der Waals surface area contributed by atoms with Gasteiger partial charge in [-0.25, -0.2) is 0 Å². The standard InChI is InChI=1S/C12H9IO2S/c1-15-10-6-7-16-12(10)11(14)8-4-2-3-5-9(8)13/h2-7H,1H3. The van der Waals surface area contributed by atoms with Crippen LogP contribution in [0.3, 0.4) is 0 Å². The number of rotatable bonds is 3. The van der Waals surface area contributed by atoms with Gasteiger partial charge in [0.2, 0.25) is 5.78 Å². The Kier molecular flexibility index (Phi) is 3.60. The van der Waals surface area contributed by atoms with Crippen LogP contribution in [-0.2, 0) is 0 Å². The molecule has 0 amide bonds. The number of halogens is 1. The highest BCUT2D eigenvalue weighted by Crippen LogP contribution is 2.28. The van der Waals surface area contributed by atoms with Crippen LogP contribution in [0.1, 0.15) is 15.2 Å².